The number of nitrogens with one attached hydrogen (secondary N) is 2. The summed E-state index contributed by atoms with van der Waals surface area (Å²) in [5.41, 5.74) is 8.09. The molecule has 0 aliphatic rings. The maximum absolute atomic E-state index is 12.6. The first kappa shape index (κ1) is 20.3. The second kappa shape index (κ2) is 8.68. The Morgan fingerprint density at radius 1 is 1.03 bits per heavy atom. The van der Waals surface area contributed by atoms with Crippen molar-refractivity contribution in [2.24, 2.45) is 0 Å². The van der Waals surface area contributed by atoms with Crippen LogP contribution in [-0.2, 0) is 17.8 Å². The number of aryl methyl sites for hydroxylation is 4. The number of hydrogen-bond acceptors (Lipinski definition) is 4. The molecule has 2 amide bonds. The fourth-order valence-corrected chi connectivity index (χ4v) is 3.24. The fraction of sp³-hybridized carbons (Fsp3) is 0.273. The minimum absolute atomic E-state index is 0.0942. The fourth-order valence-electron chi connectivity index (χ4n) is 3.24. The van der Waals surface area contributed by atoms with Crippen molar-refractivity contribution in [1.29, 1.82) is 0 Å². The molecular formula is C22H24N4O3. The lowest BCUT2D eigenvalue weighted by Gasteiger charge is -2.11. The van der Waals surface area contributed by atoms with Gasteiger partial charge in [0.1, 0.15) is 0 Å². The Bertz CT molecular complexity index is 1130. The van der Waals surface area contributed by atoms with E-state index in [2.05, 4.69) is 22.0 Å². The van der Waals surface area contributed by atoms with Crippen LogP contribution in [0.25, 0.3) is 10.8 Å². The van der Waals surface area contributed by atoms with E-state index in [-0.39, 0.29) is 23.6 Å². The highest BCUT2D eigenvalue weighted by Gasteiger charge is 2.16. The lowest BCUT2D eigenvalue weighted by atomic mass is 10.0. The SMILES string of the molecule is CCn1nc(C(=O)NNC(=O)CCc2ccc(C)cc2C)c2ccccc2c1=O. The third-order valence-electron chi connectivity index (χ3n) is 4.82. The molecule has 0 radical (unpaired) electrons. The van der Waals surface area contributed by atoms with Crippen LogP contribution in [0.2, 0.25) is 0 Å². The lowest BCUT2D eigenvalue weighted by molar-refractivity contribution is -0.121. The van der Waals surface area contributed by atoms with E-state index in [9.17, 15) is 14.4 Å². The average Bonchev–Trinajstić information content (AvgIpc) is 2.72. The molecule has 0 saturated carbocycles. The van der Waals surface area contributed by atoms with E-state index in [1.807, 2.05) is 26.0 Å². The van der Waals surface area contributed by atoms with Crippen LogP contribution in [0.5, 0.6) is 0 Å². The molecular weight excluding hydrogens is 368 g/mol. The Balaban J connectivity index is 1.68. The Morgan fingerprint density at radius 2 is 1.76 bits per heavy atom. The van der Waals surface area contributed by atoms with Gasteiger partial charge >= 0.3 is 0 Å². The van der Waals surface area contributed by atoms with Crippen molar-refractivity contribution < 1.29 is 9.59 Å². The van der Waals surface area contributed by atoms with Gasteiger partial charge < -0.3 is 0 Å². The molecule has 0 aliphatic heterocycles. The summed E-state index contributed by atoms with van der Waals surface area (Å²) in [4.78, 5) is 37.1. The van der Waals surface area contributed by atoms with Crippen LogP contribution in [0.4, 0.5) is 0 Å². The van der Waals surface area contributed by atoms with Gasteiger partial charge in [0.15, 0.2) is 5.69 Å². The Kier molecular flexibility index (Phi) is 6.07. The number of hydrogen-bond donors (Lipinski definition) is 2. The molecule has 0 fully saturated rings. The van der Waals surface area contributed by atoms with Crippen LogP contribution in [0.1, 0.15) is 40.5 Å². The summed E-state index contributed by atoms with van der Waals surface area (Å²) in [5, 5.41) is 5.01. The Labute approximate surface area is 168 Å². The van der Waals surface area contributed by atoms with Gasteiger partial charge in [-0.3, -0.25) is 25.2 Å². The zero-order valence-corrected chi connectivity index (χ0v) is 16.8. The first-order chi connectivity index (χ1) is 13.9. The highest BCUT2D eigenvalue weighted by Crippen LogP contribution is 2.14. The molecule has 3 aromatic rings. The van der Waals surface area contributed by atoms with Gasteiger partial charge in [0.05, 0.1) is 5.39 Å². The predicted octanol–water partition coefficient (Wildman–Crippen LogP) is 2.43. The van der Waals surface area contributed by atoms with Crippen LogP contribution >= 0.6 is 0 Å². The van der Waals surface area contributed by atoms with Crippen LogP contribution in [0.15, 0.2) is 47.3 Å². The third-order valence-corrected chi connectivity index (χ3v) is 4.82. The van der Waals surface area contributed by atoms with Gasteiger partial charge in [0.2, 0.25) is 5.91 Å². The second-order valence-corrected chi connectivity index (χ2v) is 6.95. The van der Waals surface area contributed by atoms with Gasteiger partial charge in [-0.05, 0) is 44.4 Å². The normalized spacial score (nSPS) is 10.7. The van der Waals surface area contributed by atoms with Gasteiger partial charge in [-0.15, -0.1) is 0 Å². The second-order valence-electron chi connectivity index (χ2n) is 6.95. The molecule has 3 rings (SSSR count). The van der Waals surface area contributed by atoms with Crippen molar-refractivity contribution in [3.05, 3.63) is 75.2 Å². The molecule has 0 aliphatic carbocycles. The highest BCUT2D eigenvalue weighted by molar-refractivity contribution is 6.05. The van der Waals surface area contributed by atoms with E-state index in [0.29, 0.717) is 23.7 Å². The number of amides is 2. The molecule has 0 atom stereocenters. The van der Waals surface area contributed by atoms with Gasteiger partial charge in [-0.25, -0.2) is 4.68 Å². The first-order valence-electron chi connectivity index (χ1n) is 9.56. The molecule has 0 unspecified atom stereocenters. The topological polar surface area (TPSA) is 93.1 Å². The van der Waals surface area contributed by atoms with Crippen LogP contribution in [0, 0.1) is 13.8 Å². The van der Waals surface area contributed by atoms with Crippen molar-refractivity contribution in [2.45, 2.75) is 40.2 Å². The van der Waals surface area contributed by atoms with Gasteiger partial charge in [0.25, 0.3) is 11.5 Å². The number of hydrazine groups is 1. The molecule has 7 nitrogen and oxygen atoms in total. The van der Waals surface area contributed by atoms with Crippen molar-refractivity contribution in [1.82, 2.24) is 20.6 Å². The van der Waals surface area contributed by atoms with Crippen molar-refractivity contribution in [3.8, 4) is 0 Å². The maximum Gasteiger partial charge on any atom is 0.290 e. The van der Waals surface area contributed by atoms with E-state index in [1.54, 1.807) is 31.2 Å². The summed E-state index contributed by atoms with van der Waals surface area (Å²) >= 11 is 0. The van der Waals surface area contributed by atoms with Crippen molar-refractivity contribution >= 4 is 22.6 Å². The van der Waals surface area contributed by atoms with E-state index in [1.165, 1.54) is 10.2 Å². The molecule has 0 saturated heterocycles. The number of nitrogens with zero attached hydrogens (tertiary/aromatic N) is 2. The number of rotatable bonds is 5. The number of benzene rings is 2. The molecule has 150 valence electrons. The van der Waals surface area contributed by atoms with E-state index >= 15 is 0 Å². The zero-order chi connectivity index (χ0) is 21.0. The predicted molar refractivity (Wildman–Crippen MR) is 112 cm³/mol. The average molecular weight is 392 g/mol. The monoisotopic (exact) mass is 392 g/mol. The smallest absolute Gasteiger partial charge is 0.273 e. The Morgan fingerprint density at radius 3 is 2.45 bits per heavy atom. The van der Waals surface area contributed by atoms with Crippen LogP contribution in [0.3, 0.4) is 0 Å². The summed E-state index contributed by atoms with van der Waals surface area (Å²) in [6.45, 7) is 6.16. The minimum atomic E-state index is -0.566. The quantitative estimate of drug-likeness (QED) is 0.652. The third kappa shape index (κ3) is 4.51. The van der Waals surface area contributed by atoms with Gasteiger partial charge in [0, 0.05) is 18.4 Å². The number of aromatic nitrogens is 2. The minimum Gasteiger partial charge on any atom is -0.273 e. The number of carbonyl (C=O) groups excluding carboxylic acids is 2. The molecule has 29 heavy (non-hydrogen) atoms. The Hall–Kier alpha value is -3.48. The van der Waals surface area contributed by atoms with Crippen molar-refractivity contribution in [3.63, 3.8) is 0 Å². The first-order valence-corrected chi connectivity index (χ1v) is 9.56. The molecule has 1 heterocycles. The molecule has 2 aromatic carbocycles. The largest absolute Gasteiger partial charge is 0.290 e. The molecule has 2 N–H and O–H groups in total. The molecule has 7 heteroatoms. The summed E-state index contributed by atoms with van der Waals surface area (Å²) in [5.74, 6) is -0.866. The summed E-state index contributed by atoms with van der Waals surface area (Å²) in [7, 11) is 0. The number of fused-ring (bicyclic) bond motifs is 1. The molecule has 1 aromatic heterocycles. The summed E-state index contributed by atoms with van der Waals surface area (Å²) in [6.07, 6.45) is 0.822. The summed E-state index contributed by atoms with van der Waals surface area (Å²) < 4.78 is 1.24. The van der Waals surface area contributed by atoms with Crippen LogP contribution < -0.4 is 16.4 Å². The van der Waals surface area contributed by atoms with Gasteiger partial charge in [-0.1, -0.05) is 42.0 Å². The number of carbonyl (C=O) groups is 2. The highest BCUT2D eigenvalue weighted by atomic mass is 16.2. The van der Waals surface area contributed by atoms with Gasteiger partial charge in [-0.2, -0.15) is 5.10 Å². The molecule has 0 bridgehead atoms. The van der Waals surface area contributed by atoms with Crippen LogP contribution in [-0.4, -0.2) is 21.6 Å². The maximum atomic E-state index is 12.6. The zero-order valence-electron chi connectivity index (χ0n) is 16.8. The standard InChI is InChI=1S/C22H24N4O3/c1-4-26-22(29)18-8-6-5-7-17(18)20(25-26)21(28)24-23-19(27)12-11-16-10-9-14(2)13-15(16)3/h5-10,13H,4,11-12H2,1-3H3,(H,23,27)(H,24,28). The molecule has 0 spiro atoms. The summed E-state index contributed by atoms with van der Waals surface area (Å²) in [6, 6.07) is 12.9. The lowest BCUT2D eigenvalue weighted by Crippen LogP contribution is -2.42. The van der Waals surface area contributed by atoms with E-state index in [0.717, 1.165) is 11.1 Å². The van der Waals surface area contributed by atoms with E-state index < -0.39 is 5.91 Å². The van der Waals surface area contributed by atoms with Crippen molar-refractivity contribution in [2.75, 3.05) is 0 Å². The van der Waals surface area contributed by atoms with E-state index in [4.69, 9.17) is 0 Å².